The number of amides is 1. The van der Waals surface area contributed by atoms with Gasteiger partial charge in [0.2, 0.25) is 5.91 Å². The summed E-state index contributed by atoms with van der Waals surface area (Å²) in [4.78, 5) is 22.8. The van der Waals surface area contributed by atoms with Gasteiger partial charge in [0.05, 0.1) is 23.8 Å². The summed E-state index contributed by atoms with van der Waals surface area (Å²) in [5, 5.41) is 19.0. The van der Waals surface area contributed by atoms with E-state index in [0.29, 0.717) is 5.69 Å². The molecule has 0 unspecified atom stereocenters. The lowest BCUT2D eigenvalue weighted by atomic mass is 10.1. The minimum Gasteiger partial charge on any atom is -0.494 e. The van der Waals surface area contributed by atoms with Gasteiger partial charge in [-0.1, -0.05) is 30.3 Å². The third kappa shape index (κ3) is 4.14. The molecule has 0 aromatic heterocycles. The Morgan fingerprint density at radius 1 is 1.07 bits per heavy atom. The Balaban J connectivity index is 1.72. The molecule has 0 fully saturated rings. The fourth-order valence-electron chi connectivity index (χ4n) is 2.73. The fourth-order valence-corrected chi connectivity index (χ4v) is 2.73. The van der Waals surface area contributed by atoms with Crippen LogP contribution in [0.15, 0.2) is 60.7 Å². The number of hydrogen-bond donors (Lipinski definition) is 2. The van der Waals surface area contributed by atoms with Crippen LogP contribution in [-0.2, 0) is 4.79 Å². The minimum atomic E-state index is -0.522. The molecule has 3 aromatic rings. The molecule has 0 aliphatic rings. The highest BCUT2D eigenvalue weighted by molar-refractivity contribution is 5.98. The van der Waals surface area contributed by atoms with E-state index in [-0.39, 0.29) is 17.3 Å². The van der Waals surface area contributed by atoms with Crippen molar-refractivity contribution in [2.45, 2.75) is 13.0 Å². The maximum atomic E-state index is 12.5. The van der Waals surface area contributed by atoms with Crippen molar-refractivity contribution in [3.8, 4) is 5.75 Å². The van der Waals surface area contributed by atoms with Gasteiger partial charge in [-0.05, 0) is 35.9 Å². The van der Waals surface area contributed by atoms with Gasteiger partial charge in [0.1, 0.15) is 11.8 Å². The Morgan fingerprint density at radius 2 is 1.81 bits per heavy atom. The summed E-state index contributed by atoms with van der Waals surface area (Å²) in [6.07, 6.45) is 0. The monoisotopic (exact) mass is 365 g/mol. The van der Waals surface area contributed by atoms with Crippen LogP contribution in [-0.4, -0.2) is 24.0 Å². The number of fused-ring (bicyclic) bond motifs is 1. The first-order valence-electron chi connectivity index (χ1n) is 8.36. The Bertz CT molecular complexity index is 1000. The van der Waals surface area contributed by atoms with E-state index in [1.54, 1.807) is 6.92 Å². The van der Waals surface area contributed by atoms with Crippen molar-refractivity contribution >= 4 is 33.7 Å². The third-order valence-electron chi connectivity index (χ3n) is 4.18. The number of rotatable bonds is 6. The van der Waals surface area contributed by atoms with Crippen molar-refractivity contribution in [1.29, 1.82) is 0 Å². The number of anilines is 2. The van der Waals surface area contributed by atoms with Crippen molar-refractivity contribution in [3.63, 3.8) is 0 Å². The molecule has 0 spiro atoms. The molecular weight excluding hydrogens is 346 g/mol. The molecule has 0 saturated heterocycles. The van der Waals surface area contributed by atoms with Crippen LogP contribution in [0.2, 0.25) is 0 Å². The molecule has 0 aliphatic heterocycles. The number of hydrogen-bond acceptors (Lipinski definition) is 5. The number of benzene rings is 3. The number of carbonyl (C=O) groups is 1. The summed E-state index contributed by atoms with van der Waals surface area (Å²) in [7, 11) is 1.39. The molecular formula is C20H19N3O4. The lowest BCUT2D eigenvalue weighted by Gasteiger charge is -2.17. The molecule has 3 aromatic carbocycles. The van der Waals surface area contributed by atoms with E-state index in [1.807, 2.05) is 42.5 Å². The smallest absolute Gasteiger partial charge is 0.273 e. The molecule has 7 heteroatoms. The van der Waals surface area contributed by atoms with Gasteiger partial charge in [-0.3, -0.25) is 14.9 Å². The number of carbonyl (C=O) groups excluding carboxylic acids is 1. The van der Waals surface area contributed by atoms with E-state index in [2.05, 4.69) is 10.6 Å². The summed E-state index contributed by atoms with van der Waals surface area (Å²) in [6.45, 7) is 1.74. The normalized spacial score (nSPS) is 11.6. The summed E-state index contributed by atoms with van der Waals surface area (Å²) in [5.74, 6) is -0.0502. The highest BCUT2D eigenvalue weighted by atomic mass is 16.6. The molecule has 3 rings (SSSR count). The van der Waals surface area contributed by atoms with E-state index >= 15 is 0 Å². The SMILES string of the molecule is COc1cc([N+](=O)[O-])ccc1NC(=O)[C@H](C)Nc1ccc2ccccc2c1. The van der Waals surface area contributed by atoms with Crippen LogP contribution in [0, 0.1) is 10.1 Å². The van der Waals surface area contributed by atoms with Gasteiger partial charge in [-0.15, -0.1) is 0 Å². The van der Waals surface area contributed by atoms with Gasteiger partial charge < -0.3 is 15.4 Å². The number of nitrogens with zero attached hydrogens (tertiary/aromatic N) is 1. The zero-order valence-corrected chi connectivity index (χ0v) is 14.9. The van der Waals surface area contributed by atoms with Gasteiger partial charge in [-0.2, -0.15) is 0 Å². The molecule has 0 radical (unpaired) electrons. The van der Waals surface area contributed by atoms with Crippen molar-refractivity contribution < 1.29 is 14.5 Å². The number of ether oxygens (including phenoxy) is 1. The molecule has 0 heterocycles. The van der Waals surface area contributed by atoms with Crippen LogP contribution >= 0.6 is 0 Å². The van der Waals surface area contributed by atoms with Crippen LogP contribution in [0.3, 0.4) is 0 Å². The van der Waals surface area contributed by atoms with Crippen LogP contribution in [0.5, 0.6) is 5.75 Å². The van der Waals surface area contributed by atoms with Crippen molar-refractivity contribution in [2.24, 2.45) is 0 Å². The molecule has 1 amide bonds. The zero-order chi connectivity index (χ0) is 19.4. The average molecular weight is 365 g/mol. The molecule has 138 valence electrons. The largest absolute Gasteiger partial charge is 0.494 e. The van der Waals surface area contributed by atoms with Crippen molar-refractivity contribution in [1.82, 2.24) is 0 Å². The van der Waals surface area contributed by atoms with E-state index in [9.17, 15) is 14.9 Å². The Morgan fingerprint density at radius 3 is 2.52 bits per heavy atom. The van der Waals surface area contributed by atoms with Crippen LogP contribution < -0.4 is 15.4 Å². The standard InChI is InChI=1S/C20H19N3O4/c1-13(21-16-8-7-14-5-3-4-6-15(14)11-16)20(24)22-18-10-9-17(23(25)26)12-19(18)27-2/h3-13,21H,1-2H3,(H,22,24)/t13-/m0/s1. The summed E-state index contributed by atoms with van der Waals surface area (Å²) >= 11 is 0. The predicted molar refractivity (Wildman–Crippen MR) is 105 cm³/mol. The number of non-ortho nitro benzene ring substituents is 1. The van der Waals surface area contributed by atoms with Gasteiger partial charge >= 0.3 is 0 Å². The summed E-state index contributed by atoms with van der Waals surface area (Å²) in [5.41, 5.74) is 1.10. The number of nitro groups is 1. The maximum Gasteiger partial charge on any atom is 0.273 e. The fraction of sp³-hybridized carbons (Fsp3) is 0.150. The molecule has 27 heavy (non-hydrogen) atoms. The summed E-state index contributed by atoms with van der Waals surface area (Å²) < 4.78 is 5.14. The quantitative estimate of drug-likeness (QED) is 0.504. The Kier molecular flexibility index (Phi) is 5.21. The van der Waals surface area contributed by atoms with Crippen LogP contribution in [0.25, 0.3) is 10.8 Å². The lowest BCUT2D eigenvalue weighted by molar-refractivity contribution is -0.384. The number of nitro benzene ring substituents is 1. The van der Waals surface area contributed by atoms with Crippen LogP contribution in [0.4, 0.5) is 17.1 Å². The molecule has 2 N–H and O–H groups in total. The zero-order valence-electron chi connectivity index (χ0n) is 14.9. The maximum absolute atomic E-state index is 12.5. The van der Waals surface area contributed by atoms with E-state index in [1.165, 1.54) is 25.3 Å². The third-order valence-corrected chi connectivity index (χ3v) is 4.18. The van der Waals surface area contributed by atoms with Crippen molar-refractivity contribution in [2.75, 3.05) is 17.7 Å². The van der Waals surface area contributed by atoms with Gasteiger partial charge in [0.25, 0.3) is 5.69 Å². The van der Waals surface area contributed by atoms with Gasteiger partial charge in [0.15, 0.2) is 0 Å². The second kappa shape index (κ2) is 7.74. The second-order valence-electron chi connectivity index (χ2n) is 6.06. The van der Waals surface area contributed by atoms with E-state index in [4.69, 9.17) is 4.74 Å². The Labute approximate surface area is 156 Å². The van der Waals surface area contributed by atoms with E-state index in [0.717, 1.165) is 16.5 Å². The highest BCUT2D eigenvalue weighted by Gasteiger charge is 2.17. The molecule has 0 saturated carbocycles. The average Bonchev–Trinajstić information content (AvgIpc) is 2.67. The van der Waals surface area contributed by atoms with Crippen molar-refractivity contribution in [3.05, 3.63) is 70.8 Å². The first-order chi connectivity index (χ1) is 13.0. The molecule has 0 bridgehead atoms. The summed E-state index contributed by atoms with van der Waals surface area (Å²) in [6, 6.07) is 17.4. The molecule has 1 atom stereocenters. The van der Waals surface area contributed by atoms with E-state index < -0.39 is 11.0 Å². The van der Waals surface area contributed by atoms with Gasteiger partial charge in [-0.25, -0.2) is 0 Å². The first-order valence-corrected chi connectivity index (χ1v) is 8.36. The first kappa shape index (κ1) is 18.2. The van der Waals surface area contributed by atoms with Gasteiger partial charge in [0, 0.05) is 11.8 Å². The van der Waals surface area contributed by atoms with Crippen LogP contribution in [0.1, 0.15) is 6.92 Å². The predicted octanol–water partition coefficient (Wildman–Crippen LogP) is 4.20. The Hall–Kier alpha value is -3.61. The topological polar surface area (TPSA) is 93.5 Å². The number of nitrogens with one attached hydrogen (secondary N) is 2. The highest BCUT2D eigenvalue weighted by Crippen LogP contribution is 2.29. The molecule has 7 nitrogen and oxygen atoms in total. The lowest BCUT2D eigenvalue weighted by Crippen LogP contribution is -2.32. The second-order valence-corrected chi connectivity index (χ2v) is 6.06. The minimum absolute atomic E-state index is 0.104. The number of methoxy groups -OCH3 is 1. The molecule has 0 aliphatic carbocycles.